The molecule has 1 fully saturated rings. The third kappa shape index (κ3) is 4.78. The van der Waals surface area contributed by atoms with E-state index < -0.39 is 5.60 Å². The summed E-state index contributed by atoms with van der Waals surface area (Å²) in [6, 6.07) is 7.56. The first-order valence-electron chi connectivity index (χ1n) is 10.3. The average molecular weight is 425 g/mol. The Morgan fingerprint density at radius 2 is 1.94 bits per heavy atom. The van der Waals surface area contributed by atoms with Gasteiger partial charge in [-0.1, -0.05) is 0 Å². The molecule has 164 valence electrons. The summed E-state index contributed by atoms with van der Waals surface area (Å²) in [7, 11) is 1.63. The second-order valence-corrected chi connectivity index (χ2v) is 8.02. The van der Waals surface area contributed by atoms with Crippen LogP contribution in [0.25, 0.3) is 11.4 Å². The van der Waals surface area contributed by atoms with Gasteiger partial charge in [-0.3, -0.25) is 0 Å². The van der Waals surface area contributed by atoms with Crippen LogP contribution < -0.4 is 15.0 Å². The van der Waals surface area contributed by atoms with Crippen LogP contribution in [0.1, 0.15) is 25.2 Å². The van der Waals surface area contributed by atoms with E-state index in [-0.39, 0.29) is 0 Å². The number of anilines is 3. The van der Waals surface area contributed by atoms with Crippen molar-refractivity contribution in [1.29, 1.82) is 0 Å². The first-order chi connectivity index (χ1) is 14.8. The summed E-state index contributed by atoms with van der Waals surface area (Å²) in [5.74, 6) is 2.58. The summed E-state index contributed by atoms with van der Waals surface area (Å²) < 4.78 is 11.0. The number of rotatable bonds is 6. The second-order valence-electron chi connectivity index (χ2n) is 8.02. The molecule has 0 aliphatic carbocycles. The molecule has 4 rings (SSSR count). The van der Waals surface area contributed by atoms with E-state index in [1.165, 1.54) is 0 Å². The maximum atomic E-state index is 10.6. The third-order valence-corrected chi connectivity index (χ3v) is 5.09. The number of hydrogen-bond donors (Lipinski definition) is 3. The van der Waals surface area contributed by atoms with Gasteiger partial charge >= 0.3 is 0 Å². The van der Waals surface area contributed by atoms with Gasteiger partial charge in [0, 0.05) is 37.1 Å². The van der Waals surface area contributed by atoms with Gasteiger partial charge in [-0.05, 0) is 32.9 Å². The molecule has 1 aliphatic heterocycles. The Morgan fingerprint density at radius 3 is 2.58 bits per heavy atom. The second kappa shape index (κ2) is 8.52. The lowest BCUT2D eigenvalue weighted by atomic mass is 10.1. The molecule has 0 amide bonds. The zero-order valence-corrected chi connectivity index (χ0v) is 18.3. The largest absolute Gasteiger partial charge is 0.496 e. The number of H-pyrrole nitrogens is 1. The number of aryl methyl sites for hydroxylation is 1. The van der Waals surface area contributed by atoms with Crippen LogP contribution in [0.3, 0.4) is 0 Å². The number of imidazole rings is 1. The van der Waals surface area contributed by atoms with E-state index in [2.05, 4.69) is 30.2 Å². The van der Waals surface area contributed by atoms with Crippen LogP contribution in [0.5, 0.6) is 5.75 Å². The van der Waals surface area contributed by atoms with Gasteiger partial charge in [0.2, 0.25) is 5.95 Å². The van der Waals surface area contributed by atoms with Gasteiger partial charge in [-0.25, -0.2) is 9.97 Å². The SMILES string of the molecule is COc1cc(Nc2nc(N3CCOCC3)cc(C(C)(C)O)n2)ccc1-c1nc(C)c[nH]1. The summed E-state index contributed by atoms with van der Waals surface area (Å²) in [6.45, 7) is 8.14. The van der Waals surface area contributed by atoms with Crippen molar-refractivity contribution in [2.24, 2.45) is 0 Å². The van der Waals surface area contributed by atoms with Gasteiger partial charge in [0.1, 0.15) is 23.0 Å². The smallest absolute Gasteiger partial charge is 0.229 e. The van der Waals surface area contributed by atoms with E-state index in [1.54, 1.807) is 21.0 Å². The predicted octanol–water partition coefficient (Wildman–Crippen LogP) is 2.99. The molecular weight excluding hydrogens is 396 g/mol. The molecule has 31 heavy (non-hydrogen) atoms. The Bertz CT molecular complexity index is 1050. The van der Waals surface area contributed by atoms with Crippen molar-refractivity contribution < 1.29 is 14.6 Å². The normalized spacial score (nSPS) is 14.5. The zero-order valence-electron chi connectivity index (χ0n) is 18.3. The minimum atomic E-state index is -1.10. The van der Waals surface area contributed by atoms with Crippen molar-refractivity contribution in [3.05, 3.63) is 41.9 Å². The molecule has 0 saturated carbocycles. The lowest BCUT2D eigenvalue weighted by Gasteiger charge is -2.29. The van der Waals surface area contributed by atoms with Crippen molar-refractivity contribution in [1.82, 2.24) is 19.9 Å². The number of morpholine rings is 1. The standard InChI is InChI=1S/C22H28N6O3/c1-14-13-23-20(24-14)16-6-5-15(11-17(16)30-4)25-21-26-18(22(2,3)29)12-19(27-21)28-7-9-31-10-8-28/h5-6,11-13,29H,7-10H2,1-4H3,(H,23,24)(H,25,26,27). The Balaban J connectivity index is 1.66. The Morgan fingerprint density at radius 1 is 1.16 bits per heavy atom. The molecule has 1 saturated heterocycles. The van der Waals surface area contributed by atoms with Crippen LogP contribution >= 0.6 is 0 Å². The maximum Gasteiger partial charge on any atom is 0.229 e. The summed E-state index contributed by atoms with van der Waals surface area (Å²) in [5, 5.41) is 13.8. The molecule has 9 nitrogen and oxygen atoms in total. The topological polar surface area (TPSA) is 108 Å². The fourth-order valence-electron chi connectivity index (χ4n) is 3.40. The minimum absolute atomic E-state index is 0.407. The molecule has 1 aromatic carbocycles. The molecule has 0 radical (unpaired) electrons. The van der Waals surface area contributed by atoms with Gasteiger partial charge in [0.25, 0.3) is 0 Å². The van der Waals surface area contributed by atoms with E-state index in [4.69, 9.17) is 9.47 Å². The van der Waals surface area contributed by atoms with E-state index in [0.29, 0.717) is 30.6 Å². The highest BCUT2D eigenvalue weighted by Crippen LogP contribution is 2.32. The number of aliphatic hydroxyl groups is 1. The monoisotopic (exact) mass is 424 g/mol. The Hall–Kier alpha value is -3.17. The first-order valence-corrected chi connectivity index (χ1v) is 10.3. The number of benzene rings is 1. The molecule has 3 N–H and O–H groups in total. The van der Waals surface area contributed by atoms with Crippen LogP contribution in [0.2, 0.25) is 0 Å². The van der Waals surface area contributed by atoms with Crippen molar-refractivity contribution >= 4 is 17.5 Å². The fourth-order valence-corrected chi connectivity index (χ4v) is 3.40. The summed E-state index contributed by atoms with van der Waals surface area (Å²) >= 11 is 0. The lowest BCUT2D eigenvalue weighted by molar-refractivity contribution is 0.0738. The summed E-state index contributed by atoms with van der Waals surface area (Å²) in [5.41, 5.74) is 1.98. The molecule has 0 unspecified atom stereocenters. The molecule has 3 aromatic rings. The number of hydrogen-bond acceptors (Lipinski definition) is 8. The van der Waals surface area contributed by atoms with Gasteiger partial charge in [-0.15, -0.1) is 0 Å². The molecule has 1 aliphatic rings. The highest BCUT2D eigenvalue weighted by molar-refractivity contribution is 5.70. The summed E-state index contributed by atoms with van der Waals surface area (Å²) in [6.07, 6.45) is 1.85. The van der Waals surface area contributed by atoms with Crippen LogP contribution in [0, 0.1) is 6.92 Å². The number of nitrogens with one attached hydrogen (secondary N) is 2. The Labute approximate surface area is 181 Å². The number of methoxy groups -OCH3 is 1. The van der Waals surface area contributed by atoms with Crippen LogP contribution in [0.4, 0.5) is 17.5 Å². The van der Waals surface area contributed by atoms with Gasteiger partial charge in [0.05, 0.1) is 37.3 Å². The van der Waals surface area contributed by atoms with E-state index in [1.807, 2.05) is 37.4 Å². The van der Waals surface area contributed by atoms with E-state index in [0.717, 1.165) is 41.7 Å². The number of nitrogens with zero attached hydrogens (tertiary/aromatic N) is 4. The lowest BCUT2D eigenvalue weighted by Crippen LogP contribution is -2.37. The molecule has 2 aromatic heterocycles. The third-order valence-electron chi connectivity index (χ3n) is 5.09. The van der Waals surface area contributed by atoms with Crippen molar-refractivity contribution in [2.75, 3.05) is 43.6 Å². The number of aromatic amines is 1. The Kier molecular flexibility index (Phi) is 5.79. The average Bonchev–Trinajstić information content (AvgIpc) is 3.19. The highest BCUT2D eigenvalue weighted by atomic mass is 16.5. The van der Waals surface area contributed by atoms with Crippen molar-refractivity contribution in [2.45, 2.75) is 26.4 Å². The van der Waals surface area contributed by atoms with Crippen LogP contribution in [-0.2, 0) is 10.3 Å². The minimum Gasteiger partial charge on any atom is -0.496 e. The maximum absolute atomic E-state index is 10.6. The molecular formula is C22H28N6O3. The van der Waals surface area contributed by atoms with Crippen molar-refractivity contribution in [3.63, 3.8) is 0 Å². The van der Waals surface area contributed by atoms with Gasteiger partial charge < -0.3 is 29.8 Å². The number of ether oxygens (including phenoxy) is 2. The molecule has 0 bridgehead atoms. The van der Waals surface area contributed by atoms with E-state index in [9.17, 15) is 5.11 Å². The summed E-state index contributed by atoms with van der Waals surface area (Å²) in [4.78, 5) is 19.0. The van der Waals surface area contributed by atoms with Gasteiger partial charge in [-0.2, -0.15) is 4.98 Å². The van der Waals surface area contributed by atoms with Crippen molar-refractivity contribution in [3.8, 4) is 17.1 Å². The first kappa shape index (κ1) is 21.1. The highest BCUT2D eigenvalue weighted by Gasteiger charge is 2.23. The molecule has 0 atom stereocenters. The predicted molar refractivity (Wildman–Crippen MR) is 119 cm³/mol. The van der Waals surface area contributed by atoms with Crippen LogP contribution in [-0.4, -0.2) is 58.5 Å². The number of aromatic nitrogens is 4. The zero-order chi connectivity index (χ0) is 22.0. The molecule has 0 spiro atoms. The van der Waals surface area contributed by atoms with Crippen LogP contribution in [0.15, 0.2) is 30.5 Å². The fraction of sp³-hybridized carbons (Fsp3) is 0.409. The molecule has 3 heterocycles. The van der Waals surface area contributed by atoms with Gasteiger partial charge in [0.15, 0.2) is 0 Å². The quantitative estimate of drug-likeness (QED) is 0.554. The molecule has 9 heteroatoms. The van der Waals surface area contributed by atoms with E-state index >= 15 is 0 Å².